The van der Waals surface area contributed by atoms with Crippen molar-refractivity contribution in [1.29, 1.82) is 0 Å². The van der Waals surface area contributed by atoms with Crippen LogP contribution >= 0.6 is 0 Å². The number of para-hydroxylation sites is 3. The first-order chi connectivity index (χ1) is 28.7. The minimum absolute atomic E-state index is 0.684. The molecule has 12 aromatic rings. The molecule has 0 unspecified atom stereocenters. The number of nitrogens with zero attached hydrogens (tertiary/aromatic N) is 4. The maximum absolute atomic E-state index is 5.35. The monoisotopic (exact) mass is 738 g/mol. The molecule has 58 heavy (non-hydrogen) atoms. The van der Waals surface area contributed by atoms with Crippen LogP contribution in [0.5, 0.6) is 0 Å². The molecule has 0 aliphatic rings. The second-order valence-electron chi connectivity index (χ2n) is 15.0. The molecule has 0 aliphatic heterocycles. The van der Waals surface area contributed by atoms with Crippen molar-refractivity contribution in [3.63, 3.8) is 0 Å². The summed E-state index contributed by atoms with van der Waals surface area (Å²) in [6.45, 7) is 0. The van der Waals surface area contributed by atoms with Crippen LogP contribution in [0, 0.1) is 0 Å². The van der Waals surface area contributed by atoms with Gasteiger partial charge in [-0.05, 0) is 76.8 Å². The van der Waals surface area contributed by atoms with E-state index in [1.807, 2.05) is 6.07 Å². The smallest absolute Gasteiger partial charge is 0.160 e. The Bertz CT molecular complexity index is 3560. The molecule has 0 amide bonds. The molecule has 270 valence electrons. The van der Waals surface area contributed by atoms with Crippen molar-refractivity contribution in [3.8, 4) is 45.3 Å². The molecular formula is C54H34N4. The van der Waals surface area contributed by atoms with E-state index in [2.05, 4.69) is 209 Å². The summed E-state index contributed by atoms with van der Waals surface area (Å²) in [5.74, 6) is 0.684. The summed E-state index contributed by atoms with van der Waals surface area (Å²) in [6, 6.07) is 73.8. The molecule has 3 heterocycles. The summed E-state index contributed by atoms with van der Waals surface area (Å²) in [7, 11) is 0. The lowest BCUT2D eigenvalue weighted by molar-refractivity contribution is 1.16. The van der Waals surface area contributed by atoms with Gasteiger partial charge in [0.25, 0.3) is 0 Å². The third-order valence-corrected chi connectivity index (χ3v) is 11.7. The van der Waals surface area contributed by atoms with Gasteiger partial charge in [0.1, 0.15) is 0 Å². The highest BCUT2D eigenvalue weighted by Crippen LogP contribution is 2.42. The first kappa shape index (κ1) is 32.4. The first-order valence-corrected chi connectivity index (χ1v) is 19.7. The fourth-order valence-electron chi connectivity index (χ4n) is 8.98. The maximum Gasteiger partial charge on any atom is 0.160 e. The van der Waals surface area contributed by atoms with Gasteiger partial charge in [-0.15, -0.1) is 0 Å². The van der Waals surface area contributed by atoms with Crippen LogP contribution < -0.4 is 0 Å². The third kappa shape index (κ3) is 5.09. The average molecular weight is 739 g/mol. The molecule has 0 fully saturated rings. The van der Waals surface area contributed by atoms with Gasteiger partial charge in [-0.2, -0.15) is 0 Å². The zero-order valence-corrected chi connectivity index (χ0v) is 31.4. The fraction of sp³-hybridized carbons (Fsp3) is 0. The van der Waals surface area contributed by atoms with Gasteiger partial charge < -0.3 is 9.13 Å². The van der Waals surface area contributed by atoms with Crippen molar-refractivity contribution in [2.24, 2.45) is 0 Å². The van der Waals surface area contributed by atoms with Crippen LogP contribution in [0.3, 0.4) is 0 Å². The molecule has 3 aromatic heterocycles. The first-order valence-electron chi connectivity index (χ1n) is 19.7. The average Bonchev–Trinajstić information content (AvgIpc) is 3.80. The lowest BCUT2D eigenvalue weighted by atomic mass is 10.0. The Morgan fingerprint density at radius 2 is 0.845 bits per heavy atom. The predicted octanol–water partition coefficient (Wildman–Crippen LogP) is 14.0. The van der Waals surface area contributed by atoms with Crippen molar-refractivity contribution in [1.82, 2.24) is 19.1 Å². The van der Waals surface area contributed by atoms with Gasteiger partial charge in [0.2, 0.25) is 0 Å². The minimum atomic E-state index is 0.684. The van der Waals surface area contributed by atoms with Crippen LogP contribution in [0.1, 0.15) is 0 Å². The molecule has 9 aromatic carbocycles. The van der Waals surface area contributed by atoms with E-state index in [-0.39, 0.29) is 0 Å². The molecule has 0 radical (unpaired) electrons. The summed E-state index contributed by atoms with van der Waals surface area (Å²) in [6.07, 6.45) is 0. The van der Waals surface area contributed by atoms with Gasteiger partial charge in [0.05, 0.1) is 39.1 Å². The molecule has 0 aliphatic carbocycles. The van der Waals surface area contributed by atoms with Crippen molar-refractivity contribution in [3.05, 3.63) is 206 Å². The van der Waals surface area contributed by atoms with E-state index in [1.165, 1.54) is 43.4 Å². The van der Waals surface area contributed by atoms with Gasteiger partial charge in [0, 0.05) is 49.3 Å². The van der Waals surface area contributed by atoms with E-state index in [9.17, 15) is 0 Å². The Morgan fingerprint density at radius 3 is 1.59 bits per heavy atom. The Balaban J connectivity index is 1.15. The Labute approximate surface area is 334 Å². The van der Waals surface area contributed by atoms with Gasteiger partial charge in [-0.3, -0.25) is 0 Å². The highest BCUT2D eigenvalue weighted by atomic mass is 15.0. The molecule has 0 N–H and O–H groups in total. The predicted molar refractivity (Wildman–Crippen MR) is 242 cm³/mol. The molecule has 4 heteroatoms. The summed E-state index contributed by atoms with van der Waals surface area (Å²) in [5.41, 5.74) is 11.7. The molecule has 0 saturated carbocycles. The largest absolute Gasteiger partial charge is 0.309 e. The van der Waals surface area contributed by atoms with Crippen LogP contribution in [0.15, 0.2) is 206 Å². The summed E-state index contributed by atoms with van der Waals surface area (Å²) in [4.78, 5) is 10.6. The Hall–Kier alpha value is -7.82. The standard InChI is InChI=1S/C54H34N4/c1-3-16-36(17-4-1)47-33-48(39-28-27-35-15-7-8-18-37(35)29-39)56-54(55-47)40-30-38-19-9-10-22-42(38)51(31-40)58-50-26-14-12-24-44(50)46-32-45-43-23-11-13-25-49(43)57(52(45)34-53(46)58)41-20-5-2-6-21-41/h1-34H. The van der Waals surface area contributed by atoms with Crippen LogP contribution in [0.4, 0.5) is 0 Å². The second kappa shape index (κ2) is 12.9. The highest BCUT2D eigenvalue weighted by molar-refractivity contribution is 6.19. The number of aromatic nitrogens is 4. The lowest BCUT2D eigenvalue weighted by Crippen LogP contribution is -2.00. The number of fused-ring (bicyclic) bond motifs is 8. The van der Waals surface area contributed by atoms with Gasteiger partial charge in [0.15, 0.2) is 5.82 Å². The van der Waals surface area contributed by atoms with E-state index >= 15 is 0 Å². The lowest BCUT2D eigenvalue weighted by Gasteiger charge is -2.15. The van der Waals surface area contributed by atoms with Crippen LogP contribution in [-0.4, -0.2) is 19.1 Å². The highest BCUT2D eigenvalue weighted by Gasteiger charge is 2.21. The quantitative estimate of drug-likeness (QED) is 0.176. The summed E-state index contributed by atoms with van der Waals surface area (Å²) in [5, 5.41) is 9.58. The van der Waals surface area contributed by atoms with E-state index in [0.29, 0.717) is 5.82 Å². The van der Waals surface area contributed by atoms with Crippen molar-refractivity contribution in [2.45, 2.75) is 0 Å². The third-order valence-electron chi connectivity index (χ3n) is 11.7. The number of rotatable bonds is 5. The topological polar surface area (TPSA) is 35.6 Å². The summed E-state index contributed by atoms with van der Waals surface area (Å²) < 4.78 is 4.85. The maximum atomic E-state index is 5.35. The molecular weight excluding hydrogens is 705 g/mol. The molecule has 4 nitrogen and oxygen atoms in total. The van der Waals surface area contributed by atoms with E-state index < -0.39 is 0 Å². The number of hydrogen-bond acceptors (Lipinski definition) is 2. The number of benzene rings is 9. The number of hydrogen-bond donors (Lipinski definition) is 0. The van der Waals surface area contributed by atoms with E-state index in [1.54, 1.807) is 0 Å². The van der Waals surface area contributed by atoms with Crippen LogP contribution in [0.25, 0.3) is 110 Å². The fourth-order valence-corrected chi connectivity index (χ4v) is 8.98. The Kier molecular flexibility index (Phi) is 7.20. The molecule has 0 spiro atoms. The van der Waals surface area contributed by atoms with Gasteiger partial charge in [-0.25, -0.2) is 9.97 Å². The van der Waals surface area contributed by atoms with Gasteiger partial charge >= 0.3 is 0 Å². The van der Waals surface area contributed by atoms with Crippen molar-refractivity contribution < 1.29 is 0 Å². The molecule has 0 bridgehead atoms. The van der Waals surface area contributed by atoms with E-state index in [0.717, 1.165) is 61.3 Å². The zero-order chi connectivity index (χ0) is 38.2. The van der Waals surface area contributed by atoms with E-state index in [4.69, 9.17) is 9.97 Å². The zero-order valence-electron chi connectivity index (χ0n) is 31.4. The van der Waals surface area contributed by atoms with Crippen LogP contribution in [-0.2, 0) is 0 Å². The molecule has 0 atom stereocenters. The molecule has 12 rings (SSSR count). The minimum Gasteiger partial charge on any atom is -0.309 e. The van der Waals surface area contributed by atoms with Crippen LogP contribution in [0.2, 0.25) is 0 Å². The second-order valence-corrected chi connectivity index (χ2v) is 15.0. The van der Waals surface area contributed by atoms with Gasteiger partial charge in [-0.1, -0.05) is 146 Å². The Morgan fingerprint density at radius 1 is 0.293 bits per heavy atom. The van der Waals surface area contributed by atoms with Crippen molar-refractivity contribution in [2.75, 3.05) is 0 Å². The SMILES string of the molecule is c1ccc(-c2cc(-c3ccc4ccccc4c3)nc(-c3cc(-n4c5ccccc5c5cc6c7ccccc7n(-c7ccccc7)c6cc54)c4ccccc4c3)n2)cc1. The van der Waals surface area contributed by atoms with Crippen molar-refractivity contribution >= 4 is 65.2 Å². The molecule has 0 saturated heterocycles. The summed E-state index contributed by atoms with van der Waals surface area (Å²) >= 11 is 0. The normalized spacial score (nSPS) is 11.8.